The Hall–Kier alpha value is -0.350. The first kappa shape index (κ1) is 13.7. The van der Waals surface area contributed by atoms with Crippen molar-refractivity contribution in [3.8, 4) is 0 Å². The van der Waals surface area contributed by atoms with Gasteiger partial charge in [-0.15, -0.1) is 0 Å². The Morgan fingerprint density at radius 1 is 1.38 bits per heavy atom. The Morgan fingerprint density at radius 3 is 2.56 bits per heavy atom. The Labute approximate surface area is 104 Å². The number of methoxy groups -OCH3 is 1. The largest absolute Gasteiger partial charge is 0.383 e. The minimum absolute atomic E-state index is 0.271. The SMILES string of the molecule is COCC(C)NC(=S)NC1CCC(C)CC1. The maximum Gasteiger partial charge on any atom is 0.166 e. The molecule has 0 aromatic heterocycles. The van der Waals surface area contributed by atoms with Gasteiger partial charge in [-0.05, 0) is 50.7 Å². The van der Waals surface area contributed by atoms with E-state index in [1.54, 1.807) is 7.11 Å². The highest BCUT2D eigenvalue weighted by atomic mass is 32.1. The summed E-state index contributed by atoms with van der Waals surface area (Å²) >= 11 is 5.28. The molecule has 1 fully saturated rings. The van der Waals surface area contributed by atoms with E-state index in [-0.39, 0.29) is 6.04 Å². The fourth-order valence-electron chi connectivity index (χ4n) is 2.15. The van der Waals surface area contributed by atoms with Gasteiger partial charge in [0.1, 0.15) is 0 Å². The first-order valence-electron chi connectivity index (χ1n) is 6.17. The van der Waals surface area contributed by atoms with Crippen LogP contribution < -0.4 is 10.6 Å². The minimum atomic E-state index is 0.271. The van der Waals surface area contributed by atoms with Crippen LogP contribution in [-0.4, -0.2) is 30.9 Å². The van der Waals surface area contributed by atoms with E-state index in [1.165, 1.54) is 25.7 Å². The van der Waals surface area contributed by atoms with Gasteiger partial charge < -0.3 is 15.4 Å². The Balaban J connectivity index is 2.18. The van der Waals surface area contributed by atoms with E-state index < -0.39 is 0 Å². The van der Waals surface area contributed by atoms with Crippen LogP contribution in [0, 0.1) is 5.92 Å². The molecule has 0 bridgehead atoms. The molecule has 0 spiro atoms. The molecule has 0 aromatic carbocycles. The molecule has 0 heterocycles. The van der Waals surface area contributed by atoms with Crippen LogP contribution >= 0.6 is 12.2 Å². The van der Waals surface area contributed by atoms with Crippen molar-refractivity contribution in [1.29, 1.82) is 0 Å². The van der Waals surface area contributed by atoms with Crippen molar-refractivity contribution in [2.75, 3.05) is 13.7 Å². The van der Waals surface area contributed by atoms with Gasteiger partial charge in [0.25, 0.3) is 0 Å². The molecule has 16 heavy (non-hydrogen) atoms. The second-order valence-electron chi connectivity index (χ2n) is 4.93. The number of hydrogen-bond acceptors (Lipinski definition) is 2. The number of nitrogens with one attached hydrogen (secondary N) is 2. The van der Waals surface area contributed by atoms with Crippen molar-refractivity contribution >= 4 is 17.3 Å². The van der Waals surface area contributed by atoms with E-state index in [2.05, 4.69) is 24.5 Å². The zero-order valence-corrected chi connectivity index (χ0v) is 11.4. The number of rotatable bonds is 4. The molecule has 1 saturated carbocycles. The molecule has 0 amide bonds. The molecule has 3 nitrogen and oxygen atoms in total. The predicted molar refractivity (Wildman–Crippen MR) is 71.6 cm³/mol. The van der Waals surface area contributed by atoms with Crippen LogP contribution in [0.2, 0.25) is 0 Å². The van der Waals surface area contributed by atoms with E-state index in [9.17, 15) is 0 Å². The normalized spacial score (nSPS) is 27.2. The summed E-state index contributed by atoms with van der Waals surface area (Å²) in [6.45, 7) is 5.08. The second-order valence-corrected chi connectivity index (χ2v) is 5.34. The smallest absolute Gasteiger partial charge is 0.166 e. The summed E-state index contributed by atoms with van der Waals surface area (Å²) in [6, 6.07) is 0.832. The third-order valence-electron chi connectivity index (χ3n) is 3.15. The zero-order valence-electron chi connectivity index (χ0n) is 10.6. The molecule has 0 saturated heterocycles. The van der Waals surface area contributed by atoms with Gasteiger partial charge in [0, 0.05) is 19.2 Å². The first-order chi connectivity index (χ1) is 7.61. The average molecular weight is 244 g/mol. The van der Waals surface area contributed by atoms with Crippen LogP contribution in [0.15, 0.2) is 0 Å². The monoisotopic (exact) mass is 244 g/mol. The summed E-state index contributed by atoms with van der Waals surface area (Å²) in [4.78, 5) is 0. The third-order valence-corrected chi connectivity index (χ3v) is 3.38. The van der Waals surface area contributed by atoms with Gasteiger partial charge in [-0.1, -0.05) is 6.92 Å². The molecule has 0 aromatic rings. The van der Waals surface area contributed by atoms with Gasteiger partial charge in [-0.2, -0.15) is 0 Å². The van der Waals surface area contributed by atoms with Crippen LogP contribution in [0.5, 0.6) is 0 Å². The predicted octanol–water partition coefficient (Wildman–Crippen LogP) is 2.06. The summed E-state index contributed by atoms with van der Waals surface area (Å²) in [7, 11) is 1.71. The minimum Gasteiger partial charge on any atom is -0.383 e. The molecule has 94 valence electrons. The molecule has 4 heteroatoms. The molecule has 0 radical (unpaired) electrons. The van der Waals surface area contributed by atoms with Crippen molar-refractivity contribution < 1.29 is 4.74 Å². The van der Waals surface area contributed by atoms with Crippen LogP contribution in [-0.2, 0) is 4.74 Å². The molecule has 1 atom stereocenters. The molecule has 1 aliphatic carbocycles. The van der Waals surface area contributed by atoms with Gasteiger partial charge in [-0.25, -0.2) is 0 Å². The quantitative estimate of drug-likeness (QED) is 0.742. The zero-order chi connectivity index (χ0) is 12.0. The van der Waals surface area contributed by atoms with Crippen LogP contribution in [0.3, 0.4) is 0 Å². The number of hydrogen-bond donors (Lipinski definition) is 2. The highest BCUT2D eigenvalue weighted by Crippen LogP contribution is 2.23. The van der Waals surface area contributed by atoms with Gasteiger partial charge in [0.05, 0.1) is 6.61 Å². The molecule has 1 rings (SSSR count). The summed E-state index contributed by atoms with van der Waals surface area (Å²) < 4.78 is 5.06. The lowest BCUT2D eigenvalue weighted by Crippen LogP contribution is -2.47. The molecular weight excluding hydrogens is 220 g/mol. The fourth-order valence-corrected chi connectivity index (χ4v) is 2.51. The van der Waals surface area contributed by atoms with Crippen LogP contribution in [0.1, 0.15) is 39.5 Å². The Kier molecular flexibility index (Phi) is 6.06. The fraction of sp³-hybridized carbons (Fsp3) is 0.917. The Bertz CT molecular complexity index is 215. The van der Waals surface area contributed by atoms with E-state index in [4.69, 9.17) is 17.0 Å². The third kappa shape index (κ3) is 5.12. The highest BCUT2D eigenvalue weighted by Gasteiger charge is 2.18. The molecule has 1 aliphatic rings. The first-order valence-corrected chi connectivity index (χ1v) is 6.58. The summed E-state index contributed by atoms with van der Waals surface area (Å²) in [5.74, 6) is 0.881. The highest BCUT2D eigenvalue weighted by molar-refractivity contribution is 7.80. The molecule has 2 N–H and O–H groups in total. The average Bonchev–Trinajstić information content (AvgIpc) is 2.21. The van der Waals surface area contributed by atoms with E-state index >= 15 is 0 Å². The Morgan fingerprint density at radius 2 is 2.00 bits per heavy atom. The van der Waals surface area contributed by atoms with Crippen molar-refractivity contribution in [2.45, 2.75) is 51.6 Å². The second kappa shape index (κ2) is 7.07. The van der Waals surface area contributed by atoms with Gasteiger partial charge in [-0.3, -0.25) is 0 Å². The maximum atomic E-state index is 5.28. The van der Waals surface area contributed by atoms with E-state index in [1.807, 2.05) is 0 Å². The standard InChI is InChI=1S/C12H24N2OS/c1-9-4-6-11(7-5-9)14-12(16)13-10(2)8-15-3/h9-11H,4-8H2,1-3H3,(H2,13,14,16). The lowest BCUT2D eigenvalue weighted by Gasteiger charge is -2.28. The number of ether oxygens (including phenoxy) is 1. The van der Waals surface area contributed by atoms with Crippen molar-refractivity contribution in [1.82, 2.24) is 10.6 Å². The lowest BCUT2D eigenvalue weighted by molar-refractivity contribution is 0.179. The topological polar surface area (TPSA) is 33.3 Å². The molecule has 0 aliphatic heterocycles. The van der Waals surface area contributed by atoms with Crippen molar-refractivity contribution in [3.63, 3.8) is 0 Å². The number of thiocarbonyl (C=S) groups is 1. The van der Waals surface area contributed by atoms with Gasteiger partial charge >= 0.3 is 0 Å². The van der Waals surface area contributed by atoms with E-state index in [0.29, 0.717) is 12.6 Å². The van der Waals surface area contributed by atoms with Crippen molar-refractivity contribution in [2.24, 2.45) is 5.92 Å². The summed E-state index contributed by atoms with van der Waals surface area (Å²) in [6.07, 6.45) is 5.10. The maximum absolute atomic E-state index is 5.28. The molecule has 1 unspecified atom stereocenters. The van der Waals surface area contributed by atoms with E-state index in [0.717, 1.165) is 11.0 Å². The summed E-state index contributed by atoms with van der Waals surface area (Å²) in [5, 5.41) is 7.40. The van der Waals surface area contributed by atoms with Crippen molar-refractivity contribution in [3.05, 3.63) is 0 Å². The summed E-state index contributed by atoms with van der Waals surface area (Å²) in [5.41, 5.74) is 0. The van der Waals surface area contributed by atoms with Gasteiger partial charge in [0.15, 0.2) is 5.11 Å². The van der Waals surface area contributed by atoms with Crippen LogP contribution in [0.4, 0.5) is 0 Å². The van der Waals surface area contributed by atoms with Crippen LogP contribution in [0.25, 0.3) is 0 Å². The van der Waals surface area contributed by atoms with Gasteiger partial charge in [0.2, 0.25) is 0 Å². The lowest BCUT2D eigenvalue weighted by atomic mass is 9.87. The molecular formula is C12H24N2OS.